The van der Waals surface area contributed by atoms with Gasteiger partial charge in [0.1, 0.15) is 24.9 Å². The molecular formula is C15H15N5O2. The van der Waals surface area contributed by atoms with Crippen LogP contribution >= 0.6 is 0 Å². The van der Waals surface area contributed by atoms with E-state index < -0.39 is 0 Å². The molecule has 0 unspecified atom stereocenters. The summed E-state index contributed by atoms with van der Waals surface area (Å²) in [5, 5.41) is 8.38. The Morgan fingerprint density at radius 2 is 2.14 bits per heavy atom. The zero-order valence-corrected chi connectivity index (χ0v) is 12.1. The van der Waals surface area contributed by atoms with E-state index in [-0.39, 0.29) is 6.10 Å². The monoisotopic (exact) mass is 297 g/mol. The van der Waals surface area contributed by atoms with E-state index in [1.165, 1.54) is 6.33 Å². The third kappa shape index (κ3) is 2.20. The topological polar surface area (TPSA) is 74.1 Å². The number of hydrogen-bond donors (Lipinski definition) is 1. The predicted octanol–water partition coefficient (Wildman–Crippen LogP) is 1.62. The van der Waals surface area contributed by atoms with Crippen LogP contribution in [0.4, 0.5) is 5.82 Å². The highest BCUT2D eigenvalue weighted by Crippen LogP contribution is 2.31. The van der Waals surface area contributed by atoms with E-state index in [1.54, 1.807) is 10.9 Å². The lowest BCUT2D eigenvalue weighted by Gasteiger charge is -2.26. The third-order valence-electron chi connectivity index (χ3n) is 3.59. The van der Waals surface area contributed by atoms with Gasteiger partial charge in [0.2, 0.25) is 0 Å². The predicted molar refractivity (Wildman–Crippen MR) is 81.1 cm³/mol. The molecule has 1 aromatic carbocycles. The number of aromatic nitrogens is 4. The molecule has 0 spiro atoms. The van der Waals surface area contributed by atoms with Crippen molar-refractivity contribution >= 4 is 16.9 Å². The number of fused-ring (bicyclic) bond motifs is 2. The van der Waals surface area contributed by atoms with Gasteiger partial charge in [0, 0.05) is 7.05 Å². The van der Waals surface area contributed by atoms with Crippen molar-refractivity contribution in [2.24, 2.45) is 7.05 Å². The Balaban J connectivity index is 1.49. The maximum atomic E-state index is 5.92. The van der Waals surface area contributed by atoms with E-state index in [4.69, 9.17) is 9.47 Å². The first-order valence-corrected chi connectivity index (χ1v) is 7.06. The zero-order valence-electron chi connectivity index (χ0n) is 12.1. The van der Waals surface area contributed by atoms with Crippen molar-refractivity contribution < 1.29 is 9.47 Å². The van der Waals surface area contributed by atoms with Gasteiger partial charge in [-0.25, -0.2) is 9.97 Å². The number of nitrogens with one attached hydrogen (secondary N) is 1. The normalized spacial score (nSPS) is 16.7. The van der Waals surface area contributed by atoms with Crippen molar-refractivity contribution in [1.82, 2.24) is 19.7 Å². The van der Waals surface area contributed by atoms with Gasteiger partial charge >= 0.3 is 0 Å². The highest BCUT2D eigenvalue weighted by atomic mass is 16.6. The molecule has 112 valence electrons. The number of benzene rings is 1. The summed E-state index contributed by atoms with van der Waals surface area (Å²) in [6.07, 6.45) is 3.21. The minimum absolute atomic E-state index is 0.0726. The molecule has 1 aliphatic rings. The average Bonchev–Trinajstić information content (AvgIpc) is 2.95. The molecule has 1 N–H and O–H groups in total. The molecular weight excluding hydrogens is 282 g/mol. The number of aryl methyl sites for hydroxylation is 1. The second-order valence-electron chi connectivity index (χ2n) is 5.11. The molecule has 7 nitrogen and oxygen atoms in total. The molecule has 3 heterocycles. The average molecular weight is 297 g/mol. The molecule has 7 heteroatoms. The van der Waals surface area contributed by atoms with Crippen LogP contribution in [0.25, 0.3) is 11.0 Å². The van der Waals surface area contributed by atoms with Gasteiger partial charge in [-0.3, -0.25) is 4.68 Å². The van der Waals surface area contributed by atoms with E-state index in [0.29, 0.717) is 13.2 Å². The standard InChI is InChI=1S/C15H15N5O2/c1-20-15-11(7-19-20)14(17-9-18-15)16-6-10-8-21-12-4-2-3-5-13(12)22-10/h2-5,7,9-10H,6,8H2,1H3,(H,16,17,18)/t10-/m0/s1. The first kappa shape index (κ1) is 12.9. The van der Waals surface area contributed by atoms with Crippen LogP contribution < -0.4 is 14.8 Å². The SMILES string of the molecule is Cn1ncc2c(NC[C@H]3COc4ccccc4O3)ncnc21. The number of ether oxygens (including phenoxy) is 2. The summed E-state index contributed by atoms with van der Waals surface area (Å²) in [6.45, 7) is 1.10. The molecule has 0 aliphatic carbocycles. The Morgan fingerprint density at radius 3 is 3.05 bits per heavy atom. The lowest BCUT2D eigenvalue weighted by molar-refractivity contribution is 0.0997. The minimum atomic E-state index is -0.0726. The van der Waals surface area contributed by atoms with Crippen LogP contribution in [0.15, 0.2) is 36.8 Å². The van der Waals surface area contributed by atoms with Crippen LogP contribution in [0, 0.1) is 0 Å². The van der Waals surface area contributed by atoms with Crippen LogP contribution in [0.5, 0.6) is 11.5 Å². The van der Waals surface area contributed by atoms with Crippen LogP contribution in [0.1, 0.15) is 0 Å². The molecule has 2 aromatic heterocycles. The summed E-state index contributed by atoms with van der Waals surface area (Å²) in [5.74, 6) is 2.31. The quantitative estimate of drug-likeness (QED) is 0.792. The van der Waals surface area contributed by atoms with Crippen LogP contribution in [-0.2, 0) is 7.05 Å². The summed E-state index contributed by atoms with van der Waals surface area (Å²) in [7, 11) is 1.86. The fraction of sp³-hybridized carbons (Fsp3) is 0.267. The molecule has 0 amide bonds. The van der Waals surface area contributed by atoms with Crippen LogP contribution in [-0.4, -0.2) is 39.0 Å². The van der Waals surface area contributed by atoms with Gasteiger partial charge < -0.3 is 14.8 Å². The van der Waals surface area contributed by atoms with Gasteiger partial charge in [-0.05, 0) is 12.1 Å². The second-order valence-corrected chi connectivity index (χ2v) is 5.11. The number of nitrogens with zero attached hydrogens (tertiary/aromatic N) is 4. The Labute approximate surface area is 126 Å². The Hall–Kier alpha value is -2.83. The second kappa shape index (κ2) is 5.18. The molecule has 1 aliphatic heterocycles. The Morgan fingerprint density at radius 1 is 1.27 bits per heavy atom. The van der Waals surface area contributed by atoms with Crippen molar-refractivity contribution in [3.05, 3.63) is 36.8 Å². The van der Waals surface area contributed by atoms with E-state index in [0.717, 1.165) is 28.4 Å². The first-order chi connectivity index (χ1) is 10.8. The molecule has 0 radical (unpaired) electrons. The van der Waals surface area contributed by atoms with E-state index in [2.05, 4.69) is 20.4 Å². The molecule has 0 bridgehead atoms. The number of anilines is 1. The minimum Gasteiger partial charge on any atom is -0.486 e. The van der Waals surface area contributed by atoms with Crippen molar-refractivity contribution in [1.29, 1.82) is 0 Å². The summed E-state index contributed by atoms with van der Waals surface area (Å²) in [5.41, 5.74) is 0.795. The smallest absolute Gasteiger partial charge is 0.163 e. The van der Waals surface area contributed by atoms with Crippen LogP contribution in [0.2, 0.25) is 0 Å². The molecule has 1 atom stereocenters. The van der Waals surface area contributed by atoms with Gasteiger partial charge in [0.15, 0.2) is 17.1 Å². The van der Waals surface area contributed by atoms with Crippen molar-refractivity contribution in [3.63, 3.8) is 0 Å². The zero-order chi connectivity index (χ0) is 14.9. The maximum absolute atomic E-state index is 5.92. The molecule has 22 heavy (non-hydrogen) atoms. The van der Waals surface area contributed by atoms with Gasteiger partial charge in [0.25, 0.3) is 0 Å². The summed E-state index contributed by atoms with van der Waals surface area (Å²) in [6, 6.07) is 7.68. The number of para-hydroxylation sites is 2. The summed E-state index contributed by atoms with van der Waals surface area (Å²) >= 11 is 0. The fourth-order valence-corrected chi connectivity index (χ4v) is 2.48. The number of hydrogen-bond acceptors (Lipinski definition) is 6. The van der Waals surface area contributed by atoms with Gasteiger partial charge in [-0.15, -0.1) is 0 Å². The number of rotatable bonds is 3. The van der Waals surface area contributed by atoms with Gasteiger partial charge in [-0.2, -0.15) is 5.10 Å². The molecule has 0 saturated carbocycles. The highest BCUT2D eigenvalue weighted by molar-refractivity contribution is 5.85. The van der Waals surface area contributed by atoms with E-state index in [1.807, 2.05) is 31.3 Å². The summed E-state index contributed by atoms with van der Waals surface area (Å²) < 4.78 is 13.3. The fourth-order valence-electron chi connectivity index (χ4n) is 2.48. The molecule has 3 aromatic rings. The molecule has 0 saturated heterocycles. The van der Waals surface area contributed by atoms with Crippen molar-refractivity contribution in [2.45, 2.75) is 6.10 Å². The molecule has 0 fully saturated rings. The Bertz CT molecular complexity index is 817. The van der Waals surface area contributed by atoms with E-state index >= 15 is 0 Å². The summed E-state index contributed by atoms with van der Waals surface area (Å²) in [4.78, 5) is 8.50. The largest absolute Gasteiger partial charge is 0.486 e. The van der Waals surface area contributed by atoms with Crippen LogP contribution in [0.3, 0.4) is 0 Å². The Kier molecular flexibility index (Phi) is 3.03. The lowest BCUT2D eigenvalue weighted by atomic mass is 10.2. The van der Waals surface area contributed by atoms with E-state index in [9.17, 15) is 0 Å². The highest BCUT2D eigenvalue weighted by Gasteiger charge is 2.20. The lowest BCUT2D eigenvalue weighted by Crippen LogP contribution is -2.35. The van der Waals surface area contributed by atoms with Gasteiger partial charge in [0.05, 0.1) is 18.1 Å². The van der Waals surface area contributed by atoms with Gasteiger partial charge in [-0.1, -0.05) is 12.1 Å². The first-order valence-electron chi connectivity index (χ1n) is 7.06. The van der Waals surface area contributed by atoms with Crippen molar-refractivity contribution in [2.75, 3.05) is 18.5 Å². The van der Waals surface area contributed by atoms with Crippen molar-refractivity contribution in [3.8, 4) is 11.5 Å². The molecule has 4 rings (SSSR count). The third-order valence-corrected chi connectivity index (χ3v) is 3.59. The maximum Gasteiger partial charge on any atom is 0.163 e.